The lowest BCUT2D eigenvalue weighted by molar-refractivity contribution is 0.0668. The summed E-state index contributed by atoms with van der Waals surface area (Å²) in [5, 5.41) is 12.7. The van der Waals surface area contributed by atoms with Crippen LogP contribution >= 0.6 is 11.6 Å². The van der Waals surface area contributed by atoms with Crippen molar-refractivity contribution in [2.45, 2.75) is 37.8 Å². The third-order valence-corrected chi connectivity index (χ3v) is 3.86. The van der Waals surface area contributed by atoms with Crippen molar-refractivity contribution in [2.24, 2.45) is 0 Å². The van der Waals surface area contributed by atoms with E-state index in [1.54, 1.807) is 19.2 Å². The zero-order chi connectivity index (χ0) is 13.8. The van der Waals surface area contributed by atoms with Crippen molar-refractivity contribution in [3.8, 4) is 0 Å². The first-order chi connectivity index (χ1) is 9.10. The summed E-state index contributed by atoms with van der Waals surface area (Å²) in [6.07, 6.45) is 4.52. The van der Waals surface area contributed by atoms with Gasteiger partial charge >= 0.3 is 5.97 Å². The van der Waals surface area contributed by atoms with Gasteiger partial charge in [-0.05, 0) is 43.9 Å². The second kappa shape index (κ2) is 6.26. The molecule has 0 amide bonds. The Labute approximate surface area is 117 Å². The van der Waals surface area contributed by atoms with Crippen molar-refractivity contribution < 1.29 is 14.6 Å². The summed E-state index contributed by atoms with van der Waals surface area (Å²) >= 11 is 5.85. The van der Waals surface area contributed by atoms with Crippen LogP contribution in [0.2, 0.25) is 5.02 Å². The first-order valence-electron chi connectivity index (χ1n) is 6.42. The number of ether oxygens (including phenoxy) is 1. The van der Waals surface area contributed by atoms with Gasteiger partial charge in [0, 0.05) is 18.8 Å². The summed E-state index contributed by atoms with van der Waals surface area (Å²) in [7, 11) is 1.73. The number of carbonyl (C=O) groups is 1. The van der Waals surface area contributed by atoms with Crippen molar-refractivity contribution in [2.75, 3.05) is 12.4 Å². The first-order valence-corrected chi connectivity index (χ1v) is 6.80. The minimum Gasteiger partial charge on any atom is -0.478 e. The standard InChI is InChI=1S/C14H18ClNO3/c1-19-11-4-2-3-9(7-11)16-10-5-6-13(15)12(8-10)14(17)18/h5-6,8-9,11,16H,2-4,7H2,1H3,(H,17,18). The highest BCUT2D eigenvalue weighted by Gasteiger charge is 2.21. The van der Waals surface area contributed by atoms with E-state index in [9.17, 15) is 4.79 Å². The number of methoxy groups -OCH3 is 1. The van der Waals surface area contributed by atoms with Gasteiger partial charge in [0.1, 0.15) is 0 Å². The normalized spacial score (nSPS) is 23.1. The van der Waals surface area contributed by atoms with Gasteiger partial charge in [0.05, 0.1) is 16.7 Å². The fourth-order valence-corrected chi connectivity index (χ4v) is 2.70. The molecule has 2 unspecified atom stereocenters. The monoisotopic (exact) mass is 283 g/mol. The van der Waals surface area contributed by atoms with Crippen LogP contribution in [0.15, 0.2) is 18.2 Å². The number of anilines is 1. The van der Waals surface area contributed by atoms with E-state index in [4.69, 9.17) is 21.4 Å². The zero-order valence-electron chi connectivity index (χ0n) is 10.9. The smallest absolute Gasteiger partial charge is 0.337 e. The SMILES string of the molecule is COC1CCCC(Nc2ccc(Cl)c(C(=O)O)c2)C1. The van der Waals surface area contributed by atoms with Gasteiger partial charge in [0.15, 0.2) is 0 Å². The predicted octanol–water partition coefficient (Wildman–Crippen LogP) is 3.41. The van der Waals surface area contributed by atoms with Crippen molar-refractivity contribution >= 4 is 23.3 Å². The van der Waals surface area contributed by atoms with Crippen molar-refractivity contribution in [1.82, 2.24) is 0 Å². The second-order valence-corrected chi connectivity index (χ2v) is 5.27. The lowest BCUT2D eigenvalue weighted by atomic mass is 9.92. The minimum absolute atomic E-state index is 0.130. The molecule has 1 aliphatic rings. The molecular weight excluding hydrogens is 266 g/mol. The molecule has 104 valence electrons. The molecule has 1 aromatic carbocycles. The van der Waals surface area contributed by atoms with Gasteiger partial charge in [-0.1, -0.05) is 11.6 Å². The molecule has 0 saturated heterocycles. The van der Waals surface area contributed by atoms with E-state index >= 15 is 0 Å². The fraction of sp³-hybridized carbons (Fsp3) is 0.500. The molecule has 1 aromatic rings. The number of carboxylic acid groups (broad SMARTS) is 1. The van der Waals surface area contributed by atoms with Crippen LogP contribution in [0.1, 0.15) is 36.0 Å². The predicted molar refractivity (Wildman–Crippen MR) is 75.1 cm³/mol. The summed E-state index contributed by atoms with van der Waals surface area (Å²) in [4.78, 5) is 11.0. The molecule has 1 aliphatic carbocycles. The Hall–Kier alpha value is -1.26. The van der Waals surface area contributed by atoms with Crippen LogP contribution < -0.4 is 5.32 Å². The molecule has 19 heavy (non-hydrogen) atoms. The molecule has 4 nitrogen and oxygen atoms in total. The quantitative estimate of drug-likeness (QED) is 0.889. The molecule has 2 rings (SSSR count). The zero-order valence-corrected chi connectivity index (χ0v) is 11.6. The number of aromatic carboxylic acids is 1. The molecule has 0 bridgehead atoms. The topological polar surface area (TPSA) is 58.6 Å². The summed E-state index contributed by atoms with van der Waals surface area (Å²) < 4.78 is 5.38. The van der Waals surface area contributed by atoms with Crippen molar-refractivity contribution in [3.05, 3.63) is 28.8 Å². The van der Waals surface area contributed by atoms with Gasteiger partial charge in [0.2, 0.25) is 0 Å². The maximum absolute atomic E-state index is 11.0. The van der Waals surface area contributed by atoms with Crippen LogP contribution in [0.25, 0.3) is 0 Å². The molecule has 0 heterocycles. The average Bonchev–Trinajstić information content (AvgIpc) is 2.41. The Bertz CT molecular complexity index is 464. The Morgan fingerprint density at radius 1 is 1.47 bits per heavy atom. The molecule has 5 heteroatoms. The van der Waals surface area contributed by atoms with Gasteiger partial charge in [0.25, 0.3) is 0 Å². The van der Waals surface area contributed by atoms with Crippen LogP contribution in [0, 0.1) is 0 Å². The summed E-state index contributed by atoms with van der Waals surface area (Å²) in [6, 6.07) is 5.33. The lowest BCUT2D eigenvalue weighted by Crippen LogP contribution is -2.31. The summed E-state index contributed by atoms with van der Waals surface area (Å²) in [5.41, 5.74) is 0.925. The Morgan fingerprint density at radius 2 is 2.26 bits per heavy atom. The maximum Gasteiger partial charge on any atom is 0.337 e. The number of benzene rings is 1. The van der Waals surface area contributed by atoms with Gasteiger partial charge in [-0.2, -0.15) is 0 Å². The highest BCUT2D eigenvalue weighted by molar-refractivity contribution is 6.33. The highest BCUT2D eigenvalue weighted by Crippen LogP contribution is 2.26. The third-order valence-electron chi connectivity index (χ3n) is 3.53. The van der Waals surface area contributed by atoms with E-state index in [0.717, 1.165) is 31.4 Å². The molecule has 1 saturated carbocycles. The molecule has 2 atom stereocenters. The molecule has 0 aliphatic heterocycles. The van der Waals surface area contributed by atoms with Gasteiger partial charge in [-0.15, -0.1) is 0 Å². The van der Waals surface area contributed by atoms with Crippen LogP contribution in [0.5, 0.6) is 0 Å². The van der Waals surface area contributed by atoms with E-state index in [1.807, 2.05) is 6.07 Å². The number of nitrogens with one attached hydrogen (secondary N) is 1. The molecule has 1 fully saturated rings. The van der Waals surface area contributed by atoms with Crippen LogP contribution in [0.4, 0.5) is 5.69 Å². The van der Waals surface area contributed by atoms with Crippen LogP contribution in [-0.4, -0.2) is 30.3 Å². The van der Waals surface area contributed by atoms with E-state index in [-0.39, 0.29) is 16.7 Å². The van der Waals surface area contributed by atoms with E-state index < -0.39 is 5.97 Å². The molecule has 0 radical (unpaired) electrons. The third kappa shape index (κ3) is 3.61. The first kappa shape index (κ1) is 14.2. The van der Waals surface area contributed by atoms with Crippen molar-refractivity contribution in [3.63, 3.8) is 0 Å². The molecular formula is C14H18ClNO3. The highest BCUT2D eigenvalue weighted by atomic mass is 35.5. The average molecular weight is 284 g/mol. The largest absolute Gasteiger partial charge is 0.478 e. The van der Waals surface area contributed by atoms with E-state index in [1.165, 1.54) is 0 Å². The van der Waals surface area contributed by atoms with Crippen LogP contribution in [-0.2, 0) is 4.74 Å². The van der Waals surface area contributed by atoms with Gasteiger partial charge in [-0.3, -0.25) is 0 Å². The number of carboxylic acids is 1. The molecule has 0 spiro atoms. The number of hydrogen-bond acceptors (Lipinski definition) is 3. The second-order valence-electron chi connectivity index (χ2n) is 4.87. The van der Waals surface area contributed by atoms with Gasteiger partial charge < -0.3 is 15.2 Å². The Balaban J connectivity index is 2.06. The summed E-state index contributed by atoms with van der Waals surface area (Å²) in [5.74, 6) is -1.01. The minimum atomic E-state index is -1.01. The van der Waals surface area contributed by atoms with Crippen molar-refractivity contribution in [1.29, 1.82) is 0 Å². The summed E-state index contributed by atoms with van der Waals surface area (Å²) in [6.45, 7) is 0. The Kier molecular flexibility index (Phi) is 4.66. The molecule has 0 aromatic heterocycles. The van der Waals surface area contributed by atoms with E-state index in [2.05, 4.69) is 5.32 Å². The fourth-order valence-electron chi connectivity index (χ4n) is 2.50. The number of rotatable bonds is 4. The lowest BCUT2D eigenvalue weighted by Gasteiger charge is -2.29. The molecule has 2 N–H and O–H groups in total. The number of hydrogen-bond donors (Lipinski definition) is 2. The Morgan fingerprint density at radius 3 is 2.95 bits per heavy atom. The maximum atomic E-state index is 11.0. The number of halogens is 1. The van der Waals surface area contributed by atoms with Gasteiger partial charge in [-0.25, -0.2) is 4.79 Å². The van der Waals surface area contributed by atoms with E-state index in [0.29, 0.717) is 6.04 Å². The van der Waals surface area contributed by atoms with Crippen LogP contribution in [0.3, 0.4) is 0 Å².